The average Bonchev–Trinajstić information content (AvgIpc) is 2.42. The lowest BCUT2D eigenvalue weighted by Crippen LogP contribution is -2.18. The fourth-order valence-corrected chi connectivity index (χ4v) is 2.23. The molecular weight excluding hydrogens is 321 g/mol. The summed E-state index contributed by atoms with van der Waals surface area (Å²) in [5.74, 6) is -0.190. The van der Waals surface area contributed by atoms with Crippen LogP contribution in [0.4, 0.5) is 10.1 Å². The third-order valence-electron chi connectivity index (χ3n) is 3.04. The van der Waals surface area contributed by atoms with Crippen molar-refractivity contribution in [3.05, 3.63) is 63.9 Å². The van der Waals surface area contributed by atoms with Gasteiger partial charge in [-0.15, -0.1) is 0 Å². The Labute approximate surface area is 125 Å². The molecule has 0 aliphatic rings. The Bertz CT molecular complexity index is 626. The van der Waals surface area contributed by atoms with Gasteiger partial charge < -0.3 is 10.6 Å². The number of nitrogens with two attached hydrogens (primary N) is 1. The van der Waals surface area contributed by atoms with Gasteiger partial charge >= 0.3 is 0 Å². The SMILES string of the molecule is CN(Cc1ccc(Br)cc1F)c1ccc(C(=N)N)cc1. The Kier molecular flexibility index (Phi) is 4.39. The summed E-state index contributed by atoms with van der Waals surface area (Å²) >= 11 is 3.24. The van der Waals surface area contributed by atoms with Gasteiger partial charge in [-0.25, -0.2) is 4.39 Å². The predicted octanol–water partition coefficient (Wildman–Crippen LogP) is 3.51. The number of rotatable bonds is 4. The van der Waals surface area contributed by atoms with Gasteiger partial charge in [-0.2, -0.15) is 0 Å². The van der Waals surface area contributed by atoms with Crippen LogP contribution in [0.5, 0.6) is 0 Å². The zero-order chi connectivity index (χ0) is 14.7. The van der Waals surface area contributed by atoms with Crippen molar-refractivity contribution in [1.82, 2.24) is 0 Å². The Balaban J connectivity index is 2.15. The summed E-state index contributed by atoms with van der Waals surface area (Å²) in [6.45, 7) is 0.471. The average molecular weight is 336 g/mol. The van der Waals surface area contributed by atoms with Crippen molar-refractivity contribution in [3.63, 3.8) is 0 Å². The zero-order valence-corrected chi connectivity index (χ0v) is 12.6. The van der Waals surface area contributed by atoms with E-state index in [4.69, 9.17) is 11.1 Å². The predicted molar refractivity (Wildman–Crippen MR) is 83.7 cm³/mol. The number of nitrogen functional groups attached to an aromatic ring is 1. The van der Waals surface area contributed by atoms with Gasteiger partial charge in [0.25, 0.3) is 0 Å². The van der Waals surface area contributed by atoms with Crippen LogP contribution in [-0.2, 0) is 6.54 Å². The van der Waals surface area contributed by atoms with Crippen molar-refractivity contribution in [3.8, 4) is 0 Å². The van der Waals surface area contributed by atoms with Gasteiger partial charge in [0, 0.05) is 34.9 Å². The molecule has 0 heterocycles. The summed E-state index contributed by atoms with van der Waals surface area (Å²) in [7, 11) is 1.89. The number of anilines is 1. The molecule has 0 unspecified atom stereocenters. The highest BCUT2D eigenvalue weighted by atomic mass is 79.9. The highest BCUT2D eigenvalue weighted by molar-refractivity contribution is 9.10. The minimum atomic E-state index is -0.230. The first kappa shape index (κ1) is 14.5. The molecule has 5 heteroatoms. The van der Waals surface area contributed by atoms with Gasteiger partial charge in [-0.1, -0.05) is 22.0 Å². The lowest BCUT2D eigenvalue weighted by molar-refractivity contribution is 0.607. The highest BCUT2D eigenvalue weighted by Gasteiger charge is 2.07. The van der Waals surface area contributed by atoms with Crippen molar-refractivity contribution in [2.24, 2.45) is 5.73 Å². The molecule has 20 heavy (non-hydrogen) atoms. The van der Waals surface area contributed by atoms with E-state index in [0.717, 1.165) is 10.2 Å². The number of benzene rings is 2. The summed E-state index contributed by atoms with van der Waals surface area (Å²) in [5, 5.41) is 7.35. The van der Waals surface area contributed by atoms with Crippen molar-refractivity contribution >= 4 is 27.5 Å². The molecule has 2 aromatic rings. The number of nitrogens with one attached hydrogen (secondary N) is 1. The van der Waals surface area contributed by atoms with Crippen molar-refractivity contribution < 1.29 is 4.39 Å². The first-order valence-electron chi connectivity index (χ1n) is 6.07. The van der Waals surface area contributed by atoms with Crippen LogP contribution in [0.1, 0.15) is 11.1 Å². The molecule has 0 bridgehead atoms. The lowest BCUT2D eigenvalue weighted by Gasteiger charge is -2.20. The second-order valence-electron chi connectivity index (χ2n) is 4.55. The van der Waals surface area contributed by atoms with Crippen LogP contribution in [0.25, 0.3) is 0 Å². The zero-order valence-electron chi connectivity index (χ0n) is 11.0. The fraction of sp³-hybridized carbons (Fsp3) is 0.133. The minimum absolute atomic E-state index is 0.0400. The van der Waals surface area contributed by atoms with Crippen LogP contribution < -0.4 is 10.6 Å². The van der Waals surface area contributed by atoms with Crippen molar-refractivity contribution in [2.75, 3.05) is 11.9 Å². The quantitative estimate of drug-likeness (QED) is 0.663. The van der Waals surface area contributed by atoms with E-state index in [1.807, 2.05) is 30.1 Å². The molecule has 0 amide bonds. The normalized spacial score (nSPS) is 10.3. The fourth-order valence-electron chi connectivity index (χ4n) is 1.89. The first-order chi connectivity index (χ1) is 9.47. The molecule has 0 aliphatic heterocycles. The van der Waals surface area contributed by atoms with Gasteiger partial charge in [-0.3, -0.25) is 5.41 Å². The van der Waals surface area contributed by atoms with Crippen LogP contribution in [0, 0.1) is 11.2 Å². The van der Waals surface area contributed by atoms with Crippen LogP contribution in [0.2, 0.25) is 0 Å². The van der Waals surface area contributed by atoms with Crippen molar-refractivity contribution in [2.45, 2.75) is 6.54 Å². The molecule has 0 aromatic heterocycles. The molecule has 0 aliphatic carbocycles. The molecule has 2 aromatic carbocycles. The number of amidine groups is 1. The van der Waals surface area contributed by atoms with Gasteiger partial charge in [0.2, 0.25) is 0 Å². The van der Waals surface area contributed by atoms with E-state index in [2.05, 4.69) is 15.9 Å². The summed E-state index contributed by atoms with van der Waals surface area (Å²) in [5.41, 5.74) is 7.66. The molecule has 3 N–H and O–H groups in total. The number of hydrogen-bond acceptors (Lipinski definition) is 2. The topological polar surface area (TPSA) is 53.1 Å². The van der Waals surface area contributed by atoms with Gasteiger partial charge in [0.15, 0.2) is 0 Å². The van der Waals surface area contributed by atoms with E-state index < -0.39 is 0 Å². The van der Waals surface area contributed by atoms with E-state index in [1.165, 1.54) is 6.07 Å². The Morgan fingerprint density at radius 3 is 2.45 bits per heavy atom. The van der Waals surface area contributed by atoms with E-state index >= 15 is 0 Å². The van der Waals surface area contributed by atoms with Crippen molar-refractivity contribution in [1.29, 1.82) is 5.41 Å². The molecule has 3 nitrogen and oxygen atoms in total. The Morgan fingerprint density at radius 1 is 1.25 bits per heavy atom. The monoisotopic (exact) mass is 335 g/mol. The maximum absolute atomic E-state index is 13.8. The van der Waals surface area contributed by atoms with Gasteiger partial charge in [-0.05, 0) is 36.4 Å². The van der Waals surface area contributed by atoms with E-state index in [9.17, 15) is 4.39 Å². The number of halogens is 2. The molecule has 0 saturated heterocycles. The third-order valence-corrected chi connectivity index (χ3v) is 3.53. The van der Waals surface area contributed by atoms with Crippen LogP contribution >= 0.6 is 15.9 Å². The lowest BCUT2D eigenvalue weighted by atomic mass is 10.1. The van der Waals surface area contributed by atoms with E-state index in [0.29, 0.717) is 17.7 Å². The summed E-state index contributed by atoms with van der Waals surface area (Å²) in [6.07, 6.45) is 0. The molecular formula is C15H15BrFN3. The minimum Gasteiger partial charge on any atom is -0.384 e. The maximum Gasteiger partial charge on any atom is 0.129 e. The standard InChI is InChI=1S/C15H15BrFN3/c1-20(9-11-2-5-12(16)8-14(11)17)13-6-3-10(4-7-13)15(18)19/h2-8H,9H2,1H3,(H3,18,19). The highest BCUT2D eigenvalue weighted by Crippen LogP contribution is 2.20. The second-order valence-corrected chi connectivity index (χ2v) is 5.47. The summed E-state index contributed by atoms with van der Waals surface area (Å²) in [4.78, 5) is 1.94. The molecule has 0 spiro atoms. The Morgan fingerprint density at radius 2 is 1.90 bits per heavy atom. The molecule has 0 radical (unpaired) electrons. The van der Waals surface area contributed by atoms with E-state index in [-0.39, 0.29) is 11.7 Å². The van der Waals surface area contributed by atoms with Gasteiger partial charge in [0.1, 0.15) is 11.7 Å². The largest absolute Gasteiger partial charge is 0.384 e. The Hall–Kier alpha value is -1.88. The van der Waals surface area contributed by atoms with Crippen LogP contribution in [-0.4, -0.2) is 12.9 Å². The molecule has 104 valence electrons. The molecule has 0 saturated carbocycles. The summed E-state index contributed by atoms with van der Waals surface area (Å²) in [6, 6.07) is 12.4. The van der Waals surface area contributed by atoms with Gasteiger partial charge in [0.05, 0.1) is 0 Å². The smallest absolute Gasteiger partial charge is 0.129 e. The molecule has 0 fully saturated rings. The van der Waals surface area contributed by atoms with Crippen LogP contribution in [0.15, 0.2) is 46.9 Å². The maximum atomic E-state index is 13.8. The third kappa shape index (κ3) is 3.36. The number of hydrogen-bond donors (Lipinski definition) is 2. The molecule has 2 rings (SSSR count). The summed E-state index contributed by atoms with van der Waals surface area (Å²) < 4.78 is 14.5. The first-order valence-corrected chi connectivity index (χ1v) is 6.86. The number of nitrogens with zero attached hydrogens (tertiary/aromatic N) is 1. The molecule has 0 atom stereocenters. The second kappa shape index (κ2) is 6.05. The van der Waals surface area contributed by atoms with Crippen LogP contribution in [0.3, 0.4) is 0 Å². The van der Waals surface area contributed by atoms with E-state index in [1.54, 1.807) is 18.2 Å².